The number of halogens is 4. The molecule has 98 valence electrons. The number of hydrogen-bond acceptors (Lipinski definition) is 3. The minimum Gasteiger partial charge on any atom is -0.291 e. The van der Waals surface area contributed by atoms with Crippen molar-refractivity contribution in [3.8, 4) is 0 Å². The van der Waals surface area contributed by atoms with Crippen molar-refractivity contribution in [2.24, 2.45) is 0 Å². The Balaban J connectivity index is 4.38. The molecule has 8 heteroatoms. The van der Waals surface area contributed by atoms with Gasteiger partial charge < -0.3 is 0 Å². The van der Waals surface area contributed by atoms with Crippen molar-refractivity contribution in [3.05, 3.63) is 0 Å². The molecule has 0 amide bonds. The highest BCUT2D eigenvalue weighted by atomic mass is 79.9. The van der Waals surface area contributed by atoms with Gasteiger partial charge >= 0.3 is 8.25 Å². The Labute approximate surface area is 131 Å². The lowest BCUT2D eigenvalue weighted by Gasteiger charge is -2.28. The molecule has 2 unspecified atom stereocenters. The summed E-state index contributed by atoms with van der Waals surface area (Å²) >= 11 is 13.4. The normalized spacial score (nSPS) is 21.1. The van der Waals surface area contributed by atoms with Gasteiger partial charge in [0.2, 0.25) is 0 Å². The van der Waals surface area contributed by atoms with Gasteiger partial charge in [0.1, 0.15) is 9.02 Å². The molecule has 0 aliphatic heterocycles. The standard InChI is InChI=1S/C8H15Br4O3P/c1-3-7(11,5-9)14-16(13)15-8(12,4-2)6-10/h16H,3-6H2,1-2H3. The molecule has 0 radical (unpaired) electrons. The average Bonchev–Trinajstić information content (AvgIpc) is 2.28. The molecule has 2 atom stereocenters. The average molecular weight is 510 g/mol. The molecule has 0 N–H and O–H groups in total. The van der Waals surface area contributed by atoms with Crippen LogP contribution in [0.4, 0.5) is 0 Å². The van der Waals surface area contributed by atoms with Crippen molar-refractivity contribution in [1.82, 2.24) is 0 Å². The van der Waals surface area contributed by atoms with Crippen LogP contribution in [0.3, 0.4) is 0 Å². The third-order valence-corrected chi connectivity index (χ3v) is 9.02. The van der Waals surface area contributed by atoms with Crippen molar-refractivity contribution in [1.29, 1.82) is 0 Å². The second-order valence-corrected chi connectivity index (χ2v) is 8.11. The van der Waals surface area contributed by atoms with Gasteiger partial charge in [0, 0.05) is 10.7 Å². The number of hydrogen-bond donors (Lipinski definition) is 0. The molecule has 3 nitrogen and oxygen atoms in total. The molecule has 0 spiro atoms. The maximum absolute atomic E-state index is 11.7. The summed E-state index contributed by atoms with van der Waals surface area (Å²) in [5.41, 5.74) is 0. The van der Waals surface area contributed by atoms with Crippen LogP contribution in [0.5, 0.6) is 0 Å². The van der Waals surface area contributed by atoms with E-state index < -0.39 is 17.3 Å². The highest BCUT2D eigenvalue weighted by Gasteiger charge is 2.32. The summed E-state index contributed by atoms with van der Waals surface area (Å²) in [6.07, 6.45) is 1.38. The Morgan fingerprint density at radius 2 is 1.31 bits per heavy atom. The summed E-state index contributed by atoms with van der Waals surface area (Å²) in [5.74, 6) is 0. The van der Waals surface area contributed by atoms with E-state index in [4.69, 9.17) is 9.05 Å². The predicted molar refractivity (Wildman–Crippen MR) is 82.7 cm³/mol. The zero-order valence-electron chi connectivity index (χ0n) is 9.07. The van der Waals surface area contributed by atoms with Crippen LogP contribution < -0.4 is 0 Å². The highest BCUT2D eigenvalue weighted by molar-refractivity contribution is 9.12. The van der Waals surface area contributed by atoms with Crippen LogP contribution in [0.15, 0.2) is 0 Å². The van der Waals surface area contributed by atoms with Crippen molar-refractivity contribution in [3.63, 3.8) is 0 Å². The first-order valence-electron chi connectivity index (χ1n) is 4.76. The van der Waals surface area contributed by atoms with Crippen LogP contribution in [0.1, 0.15) is 26.7 Å². The third kappa shape index (κ3) is 6.30. The van der Waals surface area contributed by atoms with Gasteiger partial charge in [0.05, 0.1) is 0 Å². The topological polar surface area (TPSA) is 35.5 Å². The monoisotopic (exact) mass is 506 g/mol. The minimum atomic E-state index is -2.56. The maximum atomic E-state index is 11.7. The van der Waals surface area contributed by atoms with Gasteiger partial charge in [-0.2, -0.15) is 0 Å². The van der Waals surface area contributed by atoms with Crippen molar-refractivity contribution in [2.45, 2.75) is 35.7 Å². The van der Waals surface area contributed by atoms with E-state index in [0.29, 0.717) is 23.5 Å². The second kappa shape index (κ2) is 8.28. The maximum Gasteiger partial charge on any atom is 0.321 e. The van der Waals surface area contributed by atoms with Crippen molar-refractivity contribution in [2.75, 3.05) is 10.7 Å². The first-order valence-corrected chi connectivity index (χ1v) is 9.82. The SMILES string of the molecule is CCC(Br)(CBr)O[PH](=O)OC(Br)(CC)CBr. The first kappa shape index (κ1) is 18.1. The molecule has 0 aliphatic rings. The third-order valence-electron chi connectivity index (χ3n) is 1.99. The largest absolute Gasteiger partial charge is 0.321 e. The van der Waals surface area contributed by atoms with E-state index in [1.165, 1.54) is 0 Å². The van der Waals surface area contributed by atoms with E-state index in [1.54, 1.807) is 0 Å². The van der Waals surface area contributed by atoms with Crippen LogP contribution in [0.25, 0.3) is 0 Å². The lowest BCUT2D eigenvalue weighted by Crippen LogP contribution is -2.26. The van der Waals surface area contributed by atoms with Gasteiger partial charge in [-0.05, 0) is 12.8 Å². The van der Waals surface area contributed by atoms with E-state index in [2.05, 4.69) is 63.7 Å². The zero-order chi connectivity index (χ0) is 12.8. The summed E-state index contributed by atoms with van der Waals surface area (Å²) in [6, 6.07) is 0. The minimum absolute atomic E-state index is 0.548. The molecule has 0 aromatic rings. The van der Waals surface area contributed by atoms with Gasteiger partial charge in [-0.3, -0.25) is 13.6 Å². The van der Waals surface area contributed by atoms with Crippen LogP contribution in [0, 0.1) is 0 Å². The first-order chi connectivity index (χ1) is 7.34. The smallest absolute Gasteiger partial charge is 0.291 e. The molecular weight excluding hydrogens is 495 g/mol. The summed E-state index contributed by atoms with van der Waals surface area (Å²) in [7, 11) is -2.56. The van der Waals surface area contributed by atoms with Gasteiger partial charge in [-0.1, -0.05) is 77.6 Å². The Morgan fingerprint density at radius 3 is 1.50 bits per heavy atom. The fraction of sp³-hybridized carbons (Fsp3) is 1.00. The van der Waals surface area contributed by atoms with E-state index in [-0.39, 0.29) is 0 Å². The Hall–Kier alpha value is 2.07. The molecule has 0 aromatic heterocycles. The molecule has 0 aliphatic carbocycles. The molecule has 0 bridgehead atoms. The summed E-state index contributed by atoms with van der Waals surface area (Å²) in [4.78, 5) is 0. The van der Waals surface area contributed by atoms with Crippen LogP contribution >= 0.6 is 72.0 Å². The fourth-order valence-corrected chi connectivity index (χ4v) is 4.02. The Kier molecular flexibility index (Phi) is 9.35. The summed E-state index contributed by atoms with van der Waals surface area (Å²) in [6.45, 7) is 3.88. The van der Waals surface area contributed by atoms with Crippen LogP contribution in [-0.2, 0) is 13.6 Å². The van der Waals surface area contributed by atoms with Gasteiger partial charge in [-0.25, -0.2) is 0 Å². The van der Waals surface area contributed by atoms with Gasteiger partial charge in [-0.15, -0.1) is 0 Å². The van der Waals surface area contributed by atoms with Crippen LogP contribution in [-0.4, -0.2) is 19.7 Å². The van der Waals surface area contributed by atoms with E-state index in [9.17, 15) is 4.57 Å². The zero-order valence-corrected chi connectivity index (χ0v) is 16.4. The molecule has 0 heterocycles. The summed E-state index contributed by atoms with van der Waals surface area (Å²) in [5, 5.41) is 1.10. The van der Waals surface area contributed by atoms with Crippen molar-refractivity contribution < 1.29 is 13.6 Å². The van der Waals surface area contributed by atoms with Gasteiger partial charge in [0.15, 0.2) is 0 Å². The molecule has 0 saturated carbocycles. The lowest BCUT2D eigenvalue weighted by molar-refractivity contribution is 0.121. The quantitative estimate of drug-likeness (QED) is 0.333. The highest BCUT2D eigenvalue weighted by Crippen LogP contribution is 2.44. The molecule has 0 saturated heterocycles. The van der Waals surface area contributed by atoms with Crippen molar-refractivity contribution >= 4 is 72.0 Å². The lowest BCUT2D eigenvalue weighted by atomic mass is 10.3. The van der Waals surface area contributed by atoms with E-state index in [0.717, 1.165) is 0 Å². The molecule has 0 aromatic carbocycles. The summed E-state index contributed by atoms with van der Waals surface area (Å²) < 4.78 is 21.3. The molecule has 0 fully saturated rings. The molecule has 0 rings (SSSR count). The molecular formula is C8H15Br4O3P. The predicted octanol–water partition coefficient (Wildman–Crippen LogP) is 5.20. The Morgan fingerprint density at radius 1 is 1.00 bits per heavy atom. The fourth-order valence-electron chi connectivity index (χ4n) is 0.707. The Bertz CT molecular complexity index is 209. The number of alkyl halides is 4. The molecule has 16 heavy (non-hydrogen) atoms. The van der Waals surface area contributed by atoms with E-state index >= 15 is 0 Å². The van der Waals surface area contributed by atoms with Crippen LogP contribution in [0.2, 0.25) is 0 Å². The second-order valence-electron chi connectivity index (χ2n) is 3.19. The van der Waals surface area contributed by atoms with Gasteiger partial charge in [0.25, 0.3) is 0 Å². The van der Waals surface area contributed by atoms with E-state index in [1.807, 2.05) is 13.8 Å². The number of rotatable bonds is 8.